The summed E-state index contributed by atoms with van der Waals surface area (Å²) in [6, 6.07) is 2.00. The minimum Gasteiger partial charge on any atom is -0.365 e. The molecule has 0 unspecified atom stereocenters. The van der Waals surface area contributed by atoms with Crippen LogP contribution in [0.4, 0.5) is 0 Å². The third kappa shape index (κ3) is 3.04. The van der Waals surface area contributed by atoms with Crippen molar-refractivity contribution in [1.82, 2.24) is 4.57 Å². The molecule has 2 rings (SSSR count). The number of quaternary nitrogens is 1. The minimum atomic E-state index is -0.426. The zero-order chi connectivity index (χ0) is 14.0. The molecule has 1 aromatic rings. The van der Waals surface area contributed by atoms with Crippen LogP contribution < -0.4 is 10.6 Å². The van der Waals surface area contributed by atoms with Gasteiger partial charge in [-0.2, -0.15) is 0 Å². The predicted molar refractivity (Wildman–Crippen MR) is 77.8 cm³/mol. The van der Waals surface area contributed by atoms with Gasteiger partial charge in [-0.15, -0.1) is 0 Å². The first kappa shape index (κ1) is 14.2. The summed E-state index contributed by atoms with van der Waals surface area (Å²) >= 11 is 5.46. The van der Waals surface area contributed by atoms with Gasteiger partial charge in [0.1, 0.15) is 4.64 Å². The number of nitrogens with two attached hydrogens (primary N) is 1. The van der Waals surface area contributed by atoms with E-state index in [0.29, 0.717) is 10.2 Å². The molecule has 0 bridgehead atoms. The standard InChI is InChI=1S/C14H21N3OS/c1-10-8-11(2)17(14(19)12(10)13(15)18)9-16-6-4-3-5-7-16/h8H,3-7,9H2,1-2H3,(H2,15,18)/p+1. The maximum Gasteiger partial charge on any atom is 0.251 e. The predicted octanol–water partition coefficient (Wildman–Crippen LogP) is 0.960. The average Bonchev–Trinajstić information content (AvgIpc) is 2.35. The molecule has 1 aliphatic rings. The quantitative estimate of drug-likeness (QED) is 0.810. The van der Waals surface area contributed by atoms with Crippen molar-refractivity contribution in [1.29, 1.82) is 0 Å². The molecule has 1 fully saturated rings. The van der Waals surface area contributed by atoms with Crippen LogP contribution in [0.2, 0.25) is 0 Å². The Morgan fingerprint density at radius 1 is 1.37 bits per heavy atom. The van der Waals surface area contributed by atoms with Crippen LogP contribution in [-0.4, -0.2) is 23.6 Å². The van der Waals surface area contributed by atoms with Gasteiger partial charge in [0.05, 0.1) is 18.7 Å². The summed E-state index contributed by atoms with van der Waals surface area (Å²) in [6.45, 7) is 7.13. The summed E-state index contributed by atoms with van der Waals surface area (Å²) in [5, 5.41) is 0. The fourth-order valence-corrected chi connectivity index (χ4v) is 3.33. The number of carbonyl (C=O) groups is 1. The number of carbonyl (C=O) groups excluding carboxylic acids is 1. The lowest BCUT2D eigenvalue weighted by Gasteiger charge is -2.26. The number of piperidine rings is 1. The Kier molecular flexibility index (Phi) is 4.37. The molecular formula is C14H22N3OS+. The van der Waals surface area contributed by atoms with E-state index in [1.807, 2.05) is 19.9 Å². The van der Waals surface area contributed by atoms with E-state index < -0.39 is 5.91 Å². The third-order valence-corrected chi connectivity index (χ3v) is 4.32. The summed E-state index contributed by atoms with van der Waals surface area (Å²) in [7, 11) is 0. The Bertz CT molecular complexity index is 544. The molecule has 1 aromatic heterocycles. The van der Waals surface area contributed by atoms with Gasteiger partial charge in [0.2, 0.25) is 0 Å². The van der Waals surface area contributed by atoms with Crippen LogP contribution >= 0.6 is 12.2 Å². The molecule has 104 valence electrons. The highest BCUT2D eigenvalue weighted by Gasteiger charge is 2.17. The lowest BCUT2D eigenvalue weighted by Crippen LogP contribution is -3.12. The molecule has 0 spiro atoms. The number of amides is 1. The Hall–Kier alpha value is -1.20. The first-order valence-corrected chi connectivity index (χ1v) is 7.26. The van der Waals surface area contributed by atoms with Crippen molar-refractivity contribution in [2.24, 2.45) is 5.73 Å². The lowest BCUT2D eigenvalue weighted by molar-refractivity contribution is -0.927. The van der Waals surface area contributed by atoms with Crippen LogP contribution in [0.25, 0.3) is 0 Å². The van der Waals surface area contributed by atoms with Crippen molar-refractivity contribution in [2.45, 2.75) is 39.8 Å². The Morgan fingerprint density at radius 3 is 2.58 bits per heavy atom. The molecule has 0 aromatic carbocycles. The third-order valence-electron chi connectivity index (χ3n) is 3.89. The lowest BCUT2D eigenvalue weighted by atomic mass is 10.1. The van der Waals surface area contributed by atoms with Crippen LogP contribution in [0.1, 0.15) is 40.9 Å². The maximum atomic E-state index is 11.5. The van der Waals surface area contributed by atoms with Crippen molar-refractivity contribution in [3.8, 4) is 0 Å². The molecule has 5 heteroatoms. The van der Waals surface area contributed by atoms with Gasteiger partial charge in [-0.3, -0.25) is 9.36 Å². The summed E-state index contributed by atoms with van der Waals surface area (Å²) in [5.74, 6) is -0.426. The fraction of sp³-hybridized carbons (Fsp3) is 0.571. The summed E-state index contributed by atoms with van der Waals surface area (Å²) in [4.78, 5) is 13.1. The van der Waals surface area contributed by atoms with E-state index >= 15 is 0 Å². The van der Waals surface area contributed by atoms with Crippen LogP contribution in [0.15, 0.2) is 6.07 Å². The Morgan fingerprint density at radius 2 is 2.00 bits per heavy atom. The first-order chi connectivity index (χ1) is 9.00. The zero-order valence-corrected chi connectivity index (χ0v) is 12.5. The second-order valence-corrected chi connectivity index (χ2v) is 5.80. The van der Waals surface area contributed by atoms with E-state index in [9.17, 15) is 4.79 Å². The number of nitrogens with zero attached hydrogens (tertiary/aromatic N) is 1. The smallest absolute Gasteiger partial charge is 0.251 e. The number of aromatic nitrogens is 1. The van der Waals surface area contributed by atoms with Crippen molar-refractivity contribution < 1.29 is 9.69 Å². The zero-order valence-electron chi connectivity index (χ0n) is 11.7. The molecule has 1 saturated heterocycles. The average molecular weight is 280 g/mol. The van der Waals surface area contributed by atoms with Gasteiger partial charge < -0.3 is 10.6 Å². The largest absolute Gasteiger partial charge is 0.365 e. The molecule has 0 atom stereocenters. The molecule has 4 nitrogen and oxygen atoms in total. The fourth-order valence-electron chi connectivity index (χ4n) is 2.86. The van der Waals surface area contributed by atoms with Crippen molar-refractivity contribution in [2.75, 3.05) is 13.1 Å². The molecule has 0 saturated carbocycles. The first-order valence-electron chi connectivity index (χ1n) is 6.85. The number of pyridine rings is 1. The van der Waals surface area contributed by atoms with E-state index in [0.717, 1.165) is 17.9 Å². The minimum absolute atomic E-state index is 0.426. The molecule has 19 heavy (non-hydrogen) atoms. The van der Waals surface area contributed by atoms with E-state index in [1.54, 1.807) is 0 Å². The van der Waals surface area contributed by atoms with Gasteiger partial charge >= 0.3 is 0 Å². The number of hydrogen-bond donors (Lipinski definition) is 2. The van der Waals surface area contributed by atoms with Crippen molar-refractivity contribution in [3.05, 3.63) is 27.5 Å². The van der Waals surface area contributed by atoms with Crippen LogP contribution in [-0.2, 0) is 6.67 Å². The highest BCUT2D eigenvalue weighted by molar-refractivity contribution is 7.71. The number of rotatable bonds is 3. The second-order valence-electron chi connectivity index (χ2n) is 5.41. The highest BCUT2D eigenvalue weighted by Crippen LogP contribution is 2.13. The number of hydrogen-bond acceptors (Lipinski definition) is 2. The summed E-state index contributed by atoms with van der Waals surface area (Å²) in [6.07, 6.45) is 3.88. The van der Waals surface area contributed by atoms with E-state index in [1.165, 1.54) is 37.3 Å². The highest BCUT2D eigenvalue weighted by atomic mass is 32.1. The number of likely N-dealkylation sites (tertiary alicyclic amines) is 1. The summed E-state index contributed by atoms with van der Waals surface area (Å²) in [5.41, 5.74) is 7.92. The van der Waals surface area contributed by atoms with Gasteiger partial charge in [0, 0.05) is 5.69 Å². The monoisotopic (exact) mass is 280 g/mol. The van der Waals surface area contributed by atoms with E-state index in [-0.39, 0.29) is 0 Å². The Balaban J connectivity index is 2.36. The van der Waals surface area contributed by atoms with Gasteiger partial charge in [-0.05, 0) is 44.7 Å². The molecular weight excluding hydrogens is 258 g/mol. The Labute approximate surface area is 119 Å². The van der Waals surface area contributed by atoms with Gasteiger partial charge in [0.25, 0.3) is 5.91 Å². The topological polar surface area (TPSA) is 52.5 Å². The van der Waals surface area contributed by atoms with Crippen molar-refractivity contribution >= 4 is 18.1 Å². The molecule has 0 aliphatic carbocycles. The molecule has 2 heterocycles. The van der Waals surface area contributed by atoms with E-state index in [2.05, 4.69) is 4.57 Å². The number of primary amides is 1. The van der Waals surface area contributed by atoms with Crippen molar-refractivity contribution in [3.63, 3.8) is 0 Å². The van der Waals surface area contributed by atoms with Gasteiger partial charge in [0.15, 0.2) is 6.67 Å². The molecule has 1 amide bonds. The molecule has 0 radical (unpaired) electrons. The van der Waals surface area contributed by atoms with Gasteiger partial charge in [-0.1, -0.05) is 12.2 Å². The second kappa shape index (κ2) is 5.84. The van der Waals surface area contributed by atoms with Crippen LogP contribution in [0.3, 0.4) is 0 Å². The SMILES string of the molecule is Cc1cc(C)n(C[NH+]2CCCCC2)c(=S)c1C(N)=O. The van der Waals surface area contributed by atoms with Crippen LogP contribution in [0, 0.1) is 18.5 Å². The molecule has 3 N–H and O–H groups in total. The van der Waals surface area contributed by atoms with Crippen LogP contribution in [0.5, 0.6) is 0 Å². The number of aryl methyl sites for hydroxylation is 2. The number of nitrogens with one attached hydrogen (secondary N) is 1. The van der Waals surface area contributed by atoms with Gasteiger partial charge in [-0.25, -0.2) is 0 Å². The molecule has 1 aliphatic heterocycles. The normalized spacial score (nSPS) is 16.5. The summed E-state index contributed by atoms with van der Waals surface area (Å²) < 4.78 is 2.64. The maximum absolute atomic E-state index is 11.5. The van der Waals surface area contributed by atoms with E-state index in [4.69, 9.17) is 18.0 Å².